The van der Waals surface area contributed by atoms with Gasteiger partial charge in [0.15, 0.2) is 0 Å². The summed E-state index contributed by atoms with van der Waals surface area (Å²) in [6, 6.07) is 59.8. The molecule has 0 fully saturated rings. The summed E-state index contributed by atoms with van der Waals surface area (Å²) in [4.78, 5) is 0. The molecule has 0 nitrogen and oxygen atoms in total. The summed E-state index contributed by atoms with van der Waals surface area (Å²) in [6.07, 6.45) is 0. The van der Waals surface area contributed by atoms with E-state index in [2.05, 4.69) is 164 Å². The fourth-order valence-corrected chi connectivity index (χ4v) is 12.1. The van der Waals surface area contributed by atoms with E-state index in [-0.39, 0.29) is 0 Å². The summed E-state index contributed by atoms with van der Waals surface area (Å²) < 4.78 is 4.44. The van der Waals surface area contributed by atoms with Gasteiger partial charge in [-0.1, -0.05) is 0 Å². The fourth-order valence-electron chi connectivity index (χ4n) is 5.02. The molecule has 0 saturated carbocycles. The van der Waals surface area contributed by atoms with Crippen LogP contribution in [0.5, 0.6) is 0 Å². The molecule has 6 aromatic carbocycles. The quantitative estimate of drug-likeness (QED) is 0.183. The molecule has 0 unspecified atom stereocenters. The van der Waals surface area contributed by atoms with Gasteiger partial charge >= 0.3 is 228 Å². The average molecular weight is 581 g/mol. The van der Waals surface area contributed by atoms with E-state index in [0.717, 1.165) is 0 Å². The van der Waals surface area contributed by atoms with Gasteiger partial charge in [0.25, 0.3) is 0 Å². The zero-order valence-electron chi connectivity index (χ0n) is 20.5. The predicted octanol–water partition coefficient (Wildman–Crippen LogP) is 7.20. The van der Waals surface area contributed by atoms with Crippen molar-refractivity contribution in [3.63, 3.8) is 0 Å². The molecule has 0 aromatic heterocycles. The van der Waals surface area contributed by atoms with E-state index in [1.54, 1.807) is 0 Å². The maximum atomic E-state index is 2.43. The number of hydrogen-bond donors (Lipinski definition) is 0. The van der Waals surface area contributed by atoms with Crippen LogP contribution in [0.15, 0.2) is 164 Å². The Kier molecular flexibility index (Phi) is 7.02. The van der Waals surface area contributed by atoms with Gasteiger partial charge in [0.05, 0.1) is 0 Å². The van der Waals surface area contributed by atoms with Crippen molar-refractivity contribution in [2.24, 2.45) is 0 Å². The van der Waals surface area contributed by atoms with Crippen LogP contribution in [0.25, 0.3) is 33.4 Å². The second-order valence-corrected chi connectivity index (χ2v) is 15.2. The van der Waals surface area contributed by atoms with Crippen LogP contribution in [-0.4, -0.2) is 20.2 Å². The van der Waals surface area contributed by atoms with E-state index in [9.17, 15) is 0 Å². The Morgan fingerprint density at radius 2 is 0.676 bits per heavy atom. The van der Waals surface area contributed by atoms with Crippen molar-refractivity contribution in [2.45, 2.75) is 0 Å². The van der Waals surface area contributed by atoms with Crippen LogP contribution < -0.4 is 10.5 Å². The zero-order chi connectivity index (χ0) is 24.9. The molecule has 0 radical (unpaired) electrons. The molecule has 0 aliphatic rings. The molecule has 6 rings (SSSR count). The van der Waals surface area contributed by atoms with Gasteiger partial charge in [-0.2, -0.15) is 0 Å². The molecule has 6 aromatic rings. The van der Waals surface area contributed by atoms with E-state index in [1.807, 2.05) is 0 Å². The van der Waals surface area contributed by atoms with Gasteiger partial charge in [0.1, 0.15) is 0 Å². The molecule has 0 atom stereocenters. The van der Waals surface area contributed by atoms with E-state index >= 15 is 0 Å². The summed E-state index contributed by atoms with van der Waals surface area (Å²) in [7, 11) is 0. The zero-order valence-corrected chi connectivity index (χ0v) is 23.1. The van der Waals surface area contributed by atoms with Crippen molar-refractivity contribution in [2.75, 3.05) is 0 Å². The summed E-state index contributed by atoms with van der Waals surface area (Å²) >= 11 is -2.39. The van der Waals surface area contributed by atoms with Crippen LogP contribution in [0.1, 0.15) is 0 Å². The van der Waals surface area contributed by atoms with E-state index in [4.69, 9.17) is 0 Å². The molecule has 1 heteroatoms. The van der Waals surface area contributed by atoms with Gasteiger partial charge in [-0.25, -0.2) is 0 Å². The van der Waals surface area contributed by atoms with Crippen molar-refractivity contribution in [1.29, 1.82) is 0 Å². The standard InChI is InChI=1S/C24H17.2C6H5.Sb/c1-4-11-19(12-5-1)22-17-10-18-23(20-13-6-2-7-14-20)24(22)21-15-8-3-9-16-21;2*1-2-4-6-5-3-1;/h1-17H;2*1-5H;. The summed E-state index contributed by atoms with van der Waals surface area (Å²) in [5, 5.41) is 0. The van der Waals surface area contributed by atoms with Crippen molar-refractivity contribution in [3.8, 4) is 33.4 Å². The maximum absolute atomic E-state index is 2.43. The number of benzene rings is 6. The Bertz CT molecular complexity index is 1540. The third-order valence-electron chi connectivity index (χ3n) is 6.66. The van der Waals surface area contributed by atoms with E-state index < -0.39 is 20.2 Å². The first-order chi connectivity index (χ1) is 18.4. The van der Waals surface area contributed by atoms with Crippen molar-refractivity contribution in [1.82, 2.24) is 0 Å². The Hall–Kier alpha value is -3.86. The number of rotatable bonds is 6. The van der Waals surface area contributed by atoms with Crippen LogP contribution in [0.2, 0.25) is 0 Å². The summed E-state index contributed by atoms with van der Waals surface area (Å²) in [6.45, 7) is 0. The van der Waals surface area contributed by atoms with Crippen LogP contribution in [0, 0.1) is 0 Å². The molecular weight excluding hydrogens is 554 g/mol. The molecule has 0 N–H and O–H groups in total. The molecule has 0 saturated heterocycles. The number of hydrogen-bond acceptors (Lipinski definition) is 0. The first kappa shape index (κ1) is 23.5. The summed E-state index contributed by atoms with van der Waals surface area (Å²) in [5.74, 6) is 0. The van der Waals surface area contributed by atoms with Gasteiger partial charge < -0.3 is 0 Å². The normalized spacial score (nSPS) is 10.9. The third kappa shape index (κ3) is 4.91. The second-order valence-electron chi connectivity index (χ2n) is 8.99. The minimum absolute atomic E-state index is 1.24. The van der Waals surface area contributed by atoms with E-state index in [1.165, 1.54) is 43.9 Å². The van der Waals surface area contributed by atoms with Gasteiger partial charge in [0, 0.05) is 0 Å². The molecule has 37 heavy (non-hydrogen) atoms. The SMILES string of the molecule is c1ccc(-c2cc[c]([Sb]([c]3ccccc3)[c]3ccccc3)c(-c3ccccc3)c2-c2ccccc2)cc1. The average Bonchev–Trinajstić information content (AvgIpc) is 2.99. The van der Waals surface area contributed by atoms with Gasteiger partial charge in [-0.15, -0.1) is 0 Å². The van der Waals surface area contributed by atoms with Crippen molar-refractivity contribution < 1.29 is 0 Å². The molecule has 0 amide bonds. The molecule has 0 aliphatic heterocycles. The minimum atomic E-state index is -2.39. The molecule has 0 aliphatic carbocycles. The molecule has 0 spiro atoms. The monoisotopic (exact) mass is 580 g/mol. The fraction of sp³-hybridized carbons (Fsp3) is 0. The van der Waals surface area contributed by atoms with Crippen LogP contribution >= 0.6 is 0 Å². The van der Waals surface area contributed by atoms with Crippen LogP contribution in [0.4, 0.5) is 0 Å². The second kappa shape index (κ2) is 11.0. The Labute approximate surface area is 226 Å². The first-order valence-electron chi connectivity index (χ1n) is 12.6. The van der Waals surface area contributed by atoms with Crippen molar-refractivity contribution >= 4 is 30.7 Å². The molecular formula is C36H27Sb. The van der Waals surface area contributed by atoms with Gasteiger partial charge in [-0.05, 0) is 0 Å². The third-order valence-corrected chi connectivity index (χ3v) is 13.8. The molecule has 0 heterocycles. The Morgan fingerprint density at radius 1 is 0.297 bits per heavy atom. The van der Waals surface area contributed by atoms with Gasteiger partial charge in [-0.3, -0.25) is 0 Å². The van der Waals surface area contributed by atoms with Gasteiger partial charge in [0.2, 0.25) is 0 Å². The predicted molar refractivity (Wildman–Crippen MR) is 160 cm³/mol. The Morgan fingerprint density at radius 3 is 1.14 bits per heavy atom. The first-order valence-corrected chi connectivity index (χ1v) is 16.5. The Balaban J connectivity index is 1.73. The van der Waals surface area contributed by atoms with Crippen LogP contribution in [-0.2, 0) is 0 Å². The van der Waals surface area contributed by atoms with E-state index in [0.29, 0.717) is 0 Å². The topological polar surface area (TPSA) is 0 Å². The summed E-state index contributed by atoms with van der Waals surface area (Å²) in [5.41, 5.74) is 7.73. The van der Waals surface area contributed by atoms with Crippen LogP contribution in [0.3, 0.4) is 0 Å². The molecule has 176 valence electrons. The van der Waals surface area contributed by atoms with Crippen molar-refractivity contribution in [3.05, 3.63) is 164 Å². The molecule has 0 bridgehead atoms.